The zero-order valence-electron chi connectivity index (χ0n) is 13.0. The zero-order chi connectivity index (χ0) is 16.8. The van der Waals surface area contributed by atoms with Crippen molar-refractivity contribution in [1.82, 2.24) is 10.3 Å². The van der Waals surface area contributed by atoms with Crippen LogP contribution < -0.4 is 5.32 Å². The van der Waals surface area contributed by atoms with E-state index in [2.05, 4.69) is 16.4 Å². The highest BCUT2D eigenvalue weighted by Crippen LogP contribution is 2.23. The van der Waals surface area contributed by atoms with Crippen molar-refractivity contribution in [1.29, 1.82) is 5.26 Å². The average Bonchev–Trinajstić information content (AvgIpc) is 2.63. The number of hydrogen-bond acceptors (Lipinski definition) is 3. The van der Waals surface area contributed by atoms with Crippen LogP contribution >= 0.6 is 11.6 Å². The molecule has 0 bridgehead atoms. The van der Waals surface area contributed by atoms with Crippen LogP contribution in [0.5, 0.6) is 0 Å². The van der Waals surface area contributed by atoms with Gasteiger partial charge in [0.2, 0.25) is 0 Å². The molecule has 0 unspecified atom stereocenters. The highest BCUT2D eigenvalue weighted by atomic mass is 35.5. The van der Waals surface area contributed by atoms with Crippen LogP contribution in [0.25, 0.3) is 0 Å². The van der Waals surface area contributed by atoms with E-state index in [9.17, 15) is 0 Å². The van der Waals surface area contributed by atoms with E-state index >= 15 is 0 Å². The molecule has 2 aromatic carbocycles. The van der Waals surface area contributed by atoms with E-state index in [0.717, 1.165) is 16.8 Å². The highest BCUT2D eigenvalue weighted by molar-refractivity contribution is 6.30. The van der Waals surface area contributed by atoms with Gasteiger partial charge in [0.05, 0.1) is 23.4 Å². The van der Waals surface area contributed by atoms with Crippen LogP contribution in [-0.4, -0.2) is 4.98 Å². The molecule has 1 heterocycles. The first-order chi connectivity index (χ1) is 11.8. The summed E-state index contributed by atoms with van der Waals surface area (Å²) in [4.78, 5) is 4.48. The Morgan fingerprint density at radius 3 is 2.54 bits per heavy atom. The normalized spacial score (nSPS) is 11.7. The topological polar surface area (TPSA) is 48.7 Å². The van der Waals surface area contributed by atoms with Crippen molar-refractivity contribution in [2.75, 3.05) is 0 Å². The van der Waals surface area contributed by atoms with E-state index in [0.29, 0.717) is 17.1 Å². The number of nitrogens with one attached hydrogen (secondary N) is 1. The molecule has 0 spiro atoms. The van der Waals surface area contributed by atoms with Gasteiger partial charge >= 0.3 is 0 Å². The number of benzene rings is 2. The van der Waals surface area contributed by atoms with E-state index in [4.69, 9.17) is 16.9 Å². The Balaban J connectivity index is 1.83. The summed E-state index contributed by atoms with van der Waals surface area (Å²) < 4.78 is 0. The number of hydrogen-bond donors (Lipinski definition) is 1. The van der Waals surface area contributed by atoms with Crippen molar-refractivity contribution in [2.24, 2.45) is 0 Å². The van der Waals surface area contributed by atoms with Crippen LogP contribution in [0.1, 0.15) is 28.4 Å². The van der Waals surface area contributed by atoms with Crippen molar-refractivity contribution in [3.63, 3.8) is 0 Å². The molecule has 3 nitrogen and oxygen atoms in total. The minimum absolute atomic E-state index is 0.0551. The molecule has 1 N–H and O–H groups in total. The fourth-order valence-electron chi connectivity index (χ4n) is 2.54. The van der Waals surface area contributed by atoms with Crippen molar-refractivity contribution in [2.45, 2.75) is 12.6 Å². The molecule has 3 rings (SSSR count). The first kappa shape index (κ1) is 16.2. The summed E-state index contributed by atoms with van der Waals surface area (Å²) in [6.07, 6.45) is 1.79. The Hall–Kier alpha value is -2.67. The van der Waals surface area contributed by atoms with E-state index in [1.807, 2.05) is 66.7 Å². The monoisotopic (exact) mass is 333 g/mol. The summed E-state index contributed by atoms with van der Waals surface area (Å²) in [5.74, 6) is 0. The molecule has 0 aliphatic heterocycles. The maximum atomic E-state index is 8.88. The SMILES string of the molecule is N#Cc1ccc(CN[C@H](c2cccc(Cl)c2)c2ccccn2)cc1. The van der Waals surface area contributed by atoms with Crippen LogP contribution in [0.3, 0.4) is 0 Å². The summed E-state index contributed by atoms with van der Waals surface area (Å²) in [7, 11) is 0. The van der Waals surface area contributed by atoms with Gasteiger partial charge in [-0.2, -0.15) is 5.26 Å². The van der Waals surface area contributed by atoms with Gasteiger partial charge in [-0.1, -0.05) is 41.9 Å². The maximum absolute atomic E-state index is 8.88. The molecule has 4 heteroatoms. The van der Waals surface area contributed by atoms with Crippen LogP contribution in [0, 0.1) is 11.3 Å². The third kappa shape index (κ3) is 3.99. The van der Waals surface area contributed by atoms with Gasteiger partial charge in [-0.3, -0.25) is 4.98 Å². The zero-order valence-corrected chi connectivity index (χ0v) is 13.7. The highest BCUT2D eigenvalue weighted by Gasteiger charge is 2.15. The average molecular weight is 334 g/mol. The van der Waals surface area contributed by atoms with Crippen molar-refractivity contribution < 1.29 is 0 Å². The third-order valence-corrected chi connectivity index (χ3v) is 3.99. The largest absolute Gasteiger partial charge is 0.301 e. The number of pyridine rings is 1. The molecule has 0 radical (unpaired) electrons. The summed E-state index contributed by atoms with van der Waals surface area (Å²) in [6.45, 7) is 0.666. The second kappa shape index (κ2) is 7.74. The Bertz CT molecular complexity index is 839. The smallest absolute Gasteiger partial charge is 0.0991 e. The first-order valence-electron chi connectivity index (χ1n) is 7.65. The molecule has 0 amide bonds. The molecule has 1 atom stereocenters. The number of nitrogens with zero attached hydrogens (tertiary/aromatic N) is 2. The number of halogens is 1. The second-order valence-electron chi connectivity index (χ2n) is 5.43. The van der Waals surface area contributed by atoms with Crippen molar-refractivity contribution in [3.05, 3.63) is 100 Å². The lowest BCUT2D eigenvalue weighted by molar-refractivity contribution is 0.592. The van der Waals surface area contributed by atoms with E-state index < -0.39 is 0 Å². The molecule has 0 aliphatic carbocycles. The van der Waals surface area contributed by atoms with E-state index in [1.165, 1.54) is 0 Å². The number of rotatable bonds is 5. The van der Waals surface area contributed by atoms with E-state index in [-0.39, 0.29) is 6.04 Å². The molecule has 1 aromatic heterocycles. The molecule has 0 saturated heterocycles. The number of aromatic nitrogens is 1. The van der Waals surface area contributed by atoms with Crippen LogP contribution in [0.4, 0.5) is 0 Å². The van der Waals surface area contributed by atoms with E-state index in [1.54, 1.807) is 6.20 Å². The second-order valence-corrected chi connectivity index (χ2v) is 5.87. The van der Waals surface area contributed by atoms with Crippen molar-refractivity contribution >= 4 is 11.6 Å². The fourth-order valence-corrected chi connectivity index (χ4v) is 2.74. The first-order valence-corrected chi connectivity index (χ1v) is 8.03. The molecule has 3 aromatic rings. The molecular weight excluding hydrogens is 318 g/mol. The van der Waals surface area contributed by atoms with Crippen LogP contribution in [-0.2, 0) is 6.54 Å². The summed E-state index contributed by atoms with van der Waals surface area (Å²) >= 11 is 6.15. The lowest BCUT2D eigenvalue weighted by Crippen LogP contribution is -2.23. The van der Waals surface area contributed by atoms with Gasteiger partial charge in [0.25, 0.3) is 0 Å². The van der Waals surface area contributed by atoms with Gasteiger partial charge in [0.1, 0.15) is 0 Å². The van der Waals surface area contributed by atoms with Gasteiger partial charge < -0.3 is 5.32 Å². The standard InChI is InChI=1S/C20H16ClN3/c21-18-5-3-4-17(12-18)20(19-6-1-2-11-23-19)24-14-16-9-7-15(13-22)8-10-16/h1-12,20,24H,14H2/t20-/m1/s1. The Morgan fingerprint density at radius 1 is 1.04 bits per heavy atom. The molecule has 0 saturated carbocycles. The molecule has 24 heavy (non-hydrogen) atoms. The molecular formula is C20H16ClN3. The Morgan fingerprint density at radius 2 is 1.88 bits per heavy atom. The van der Waals surface area contributed by atoms with Crippen LogP contribution in [0.2, 0.25) is 5.02 Å². The predicted molar refractivity (Wildman–Crippen MR) is 95.5 cm³/mol. The van der Waals surface area contributed by atoms with Crippen molar-refractivity contribution in [3.8, 4) is 6.07 Å². The summed E-state index contributed by atoms with van der Waals surface area (Å²) in [5.41, 5.74) is 3.77. The fraction of sp³-hybridized carbons (Fsp3) is 0.100. The van der Waals surface area contributed by atoms with Gasteiger partial charge in [-0.25, -0.2) is 0 Å². The molecule has 0 aliphatic rings. The summed E-state index contributed by atoms with van der Waals surface area (Å²) in [6, 6.07) is 23.3. The van der Waals surface area contributed by atoms with Gasteiger partial charge in [0, 0.05) is 17.8 Å². The molecule has 118 valence electrons. The van der Waals surface area contributed by atoms with Gasteiger partial charge in [0.15, 0.2) is 0 Å². The summed E-state index contributed by atoms with van der Waals surface area (Å²) in [5, 5.41) is 13.1. The predicted octanol–water partition coefficient (Wildman–Crippen LogP) is 4.49. The van der Waals surface area contributed by atoms with Crippen LogP contribution in [0.15, 0.2) is 72.9 Å². The Labute approximate surface area is 146 Å². The minimum Gasteiger partial charge on any atom is -0.301 e. The molecule has 0 fully saturated rings. The number of nitriles is 1. The maximum Gasteiger partial charge on any atom is 0.0991 e. The third-order valence-electron chi connectivity index (χ3n) is 3.76. The quantitative estimate of drug-likeness (QED) is 0.748. The lowest BCUT2D eigenvalue weighted by atomic mass is 10.0. The van der Waals surface area contributed by atoms with Gasteiger partial charge in [-0.15, -0.1) is 0 Å². The lowest BCUT2D eigenvalue weighted by Gasteiger charge is -2.19. The Kier molecular flexibility index (Phi) is 5.22. The minimum atomic E-state index is -0.0551. The van der Waals surface area contributed by atoms with Gasteiger partial charge in [-0.05, 0) is 47.5 Å².